The number of aromatic carboxylic acids is 1. The van der Waals surface area contributed by atoms with E-state index in [9.17, 15) is 9.59 Å². The fourth-order valence-corrected chi connectivity index (χ4v) is 2.76. The number of carboxylic acids is 1. The molecule has 0 unspecified atom stereocenters. The lowest BCUT2D eigenvalue weighted by atomic mass is 10.1. The van der Waals surface area contributed by atoms with Crippen molar-refractivity contribution in [1.82, 2.24) is 0 Å². The molecule has 2 aromatic rings. The lowest BCUT2D eigenvalue weighted by molar-refractivity contribution is 0.0434. The van der Waals surface area contributed by atoms with Gasteiger partial charge in [0.1, 0.15) is 5.56 Å². The van der Waals surface area contributed by atoms with Crippen molar-refractivity contribution in [2.24, 2.45) is 0 Å². The third kappa shape index (κ3) is 2.84. The summed E-state index contributed by atoms with van der Waals surface area (Å²) in [7, 11) is 2.94. The maximum atomic E-state index is 12.3. The molecule has 0 saturated heterocycles. The molecule has 2 aromatic carbocycles. The maximum Gasteiger partial charge on any atom is 0.344 e. The van der Waals surface area contributed by atoms with Crippen molar-refractivity contribution < 1.29 is 28.9 Å². The number of carbonyl (C=O) groups is 2. The van der Waals surface area contributed by atoms with Gasteiger partial charge >= 0.3 is 11.9 Å². The van der Waals surface area contributed by atoms with Crippen LogP contribution in [0.15, 0.2) is 30.3 Å². The Bertz CT molecular complexity index is 861. The highest BCUT2D eigenvalue weighted by Crippen LogP contribution is 2.42. The number of cyclic esters (lactones) is 1. The van der Waals surface area contributed by atoms with Gasteiger partial charge in [0.2, 0.25) is 6.23 Å². The van der Waals surface area contributed by atoms with E-state index < -0.39 is 18.2 Å². The number of ether oxygens (including phenoxy) is 3. The summed E-state index contributed by atoms with van der Waals surface area (Å²) >= 11 is 0. The first-order valence-electron chi connectivity index (χ1n) is 7.52. The van der Waals surface area contributed by atoms with Crippen molar-refractivity contribution in [1.29, 1.82) is 0 Å². The minimum atomic E-state index is -1.03. The van der Waals surface area contributed by atoms with Crippen LogP contribution < -0.4 is 14.8 Å². The number of methoxy groups -OCH3 is 2. The Morgan fingerprint density at radius 1 is 1.20 bits per heavy atom. The third-order valence-corrected chi connectivity index (χ3v) is 4.06. The second-order valence-corrected chi connectivity index (χ2v) is 5.53. The summed E-state index contributed by atoms with van der Waals surface area (Å²) in [5.74, 6) is -0.818. The highest BCUT2D eigenvalue weighted by molar-refractivity contribution is 5.98. The summed E-state index contributed by atoms with van der Waals surface area (Å²) in [4.78, 5) is 23.4. The molecule has 1 heterocycles. The molecular formula is C18H17NO6. The van der Waals surface area contributed by atoms with E-state index in [2.05, 4.69) is 5.32 Å². The van der Waals surface area contributed by atoms with Crippen LogP contribution >= 0.6 is 0 Å². The van der Waals surface area contributed by atoms with Crippen LogP contribution in [0.1, 0.15) is 38.1 Å². The van der Waals surface area contributed by atoms with Gasteiger partial charge in [-0.15, -0.1) is 0 Å². The van der Waals surface area contributed by atoms with Gasteiger partial charge < -0.3 is 24.6 Å². The molecule has 7 heteroatoms. The topological polar surface area (TPSA) is 94.1 Å². The van der Waals surface area contributed by atoms with Crippen LogP contribution in [-0.4, -0.2) is 31.3 Å². The van der Waals surface area contributed by atoms with Crippen LogP contribution in [-0.2, 0) is 4.74 Å². The Balaban J connectivity index is 2.00. The molecule has 0 amide bonds. The minimum absolute atomic E-state index is 0.143. The van der Waals surface area contributed by atoms with Gasteiger partial charge in [-0.1, -0.05) is 6.07 Å². The number of fused-ring (bicyclic) bond motifs is 1. The van der Waals surface area contributed by atoms with Crippen molar-refractivity contribution in [2.45, 2.75) is 13.2 Å². The molecule has 1 atom stereocenters. The first-order chi connectivity index (χ1) is 12.0. The Morgan fingerprint density at radius 3 is 2.60 bits per heavy atom. The minimum Gasteiger partial charge on any atom is -0.493 e. The van der Waals surface area contributed by atoms with Crippen LogP contribution in [0.4, 0.5) is 5.69 Å². The first-order valence-corrected chi connectivity index (χ1v) is 7.52. The van der Waals surface area contributed by atoms with E-state index in [1.165, 1.54) is 26.4 Å². The fourth-order valence-electron chi connectivity index (χ4n) is 2.76. The Kier molecular flexibility index (Phi) is 4.22. The van der Waals surface area contributed by atoms with Gasteiger partial charge in [-0.2, -0.15) is 0 Å². The number of carbonyl (C=O) groups excluding carboxylic acids is 1. The lowest BCUT2D eigenvalue weighted by Gasteiger charge is -2.17. The summed E-state index contributed by atoms with van der Waals surface area (Å²) in [6, 6.07) is 8.12. The molecular weight excluding hydrogens is 326 g/mol. The molecule has 0 aromatic heterocycles. The van der Waals surface area contributed by atoms with E-state index in [4.69, 9.17) is 19.3 Å². The Labute approximate surface area is 144 Å². The second-order valence-electron chi connectivity index (χ2n) is 5.53. The van der Waals surface area contributed by atoms with E-state index in [0.717, 1.165) is 5.56 Å². The smallest absolute Gasteiger partial charge is 0.344 e. The van der Waals surface area contributed by atoms with Gasteiger partial charge in [0.15, 0.2) is 11.5 Å². The molecule has 3 rings (SSSR count). The third-order valence-electron chi connectivity index (χ3n) is 4.06. The molecule has 7 nitrogen and oxygen atoms in total. The highest BCUT2D eigenvalue weighted by Gasteiger charge is 2.36. The zero-order valence-corrected chi connectivity index (χ0v) is 14.0. The van der Waals surface area contributed by atoms with Crippen LogP contribution in [0.5, 0.6) is 11.5 Å². The van der Waals surface area contributed by atoms with Gasteiger partial charge in [0.25, 0.3) is 0 Å². The Hall–Kier alpha value is -3.22. The first kappa shape index (κ1) is 16.6. The summed E-state index contributed by atoms with van der Waals surface area (Å²) in [6.07, 6.45) is -0.745. The normalized spacial score (nSPS) is 15.3. The van der Waals surface area contributed by atoms with Gasteiger partial charge in [0, 0.05) is 11.3 Å². The molecule has 0 fully saturated rings. The van der Waals surface area contributed by atoms with Gasteiger partial charge in [-0.25, -0.2) is 9.59 Å². The molecule has 2 N–H and O–H groups in total. The monoisotopic (exact) mass is 343 g/mol. The van der Waals surface area contributed by atoms with Crippen LogP contribution in [0.25, 0.3) is 0 Å². The summed E-state index contributed by atoms with van der Waals surface area (Å²) in [5, 5.41) is 12.2. The van der Waals surface area contributed by atoms with E-state index >= 15 is 0 Å². The average molecular weight is 343 g/mol. The predicted octanol–water partition coefficient (Wildman–Crippen LogP) is 2.99. The molecule has 0 saturated carbocycles. The largest absolute Gasteiger partial charge is 0.493 e. The summed E-state index contributed by atoms with van der Waals surface area (Å²) in [6.45, 7) is 1.83. The number of benzene rings is 2. The molecule has 1 aliphatic rings. The van der Waals surface area contributed by atoms with Crippen LogP contribution in [0, 0.1) is 6.92 Å². The van der Waals surface area contributed by atoms with E-state index in [0.29, 0.717) is 28.3 Å². The standard InChI is InChI=1S/C18H17NO6/c1-9-4-5-10(17(20)21)8-12(9)19-16-11-6-7-13(23-2)15(24-3)14(11)18(22)25-16/h4-8,16,19H,1-3H3,(H,20,21)/t16-/m1/s1. The van der Waals surface area contributed by atoms with Crippen molar-refractivity contribution >= 4 is 17.6 Å². The molecule has 0 radical (unpaired) electrons. The summed E-state index contributed by atoms with van der Waals surface area (Å²) < 4.78 is 15.9. The fraction of sp³-hybridized carbons (Fsp3) is 0.222. The van der Waals surface area contributed by atoms with Crippen molar-refractivity contribution in [3.05, 3.63) is 52.6 Å². The maximum absolute atomic E-state index is 12.3. The summed E-state index contributed by atoms with van der Waals surface area (Å²) in [5.41, 5.74) is 2.44. The van der Waals surface area contributed by atoms with Crippen molar-refractivity contribution in [3.63, 3.8) is 0 Å². The van der Waals surface area contributed by atoms with Gasteiger partial charge in [-0.3, -0.25) is 0 Å². The van der Waals surface area contributed by atoms with Gasteiger partial charge in [0.05, 0.1) is 19.8 Å². The number of carboxylic acid groups (broad SMARTS) is 1. The van der Waals surface area contributed by atoms with Gasteiger partial charge in [-0.05, 0) is 36.8 Å². The zero-order valence-electron chi connectivity index (χ0n) is 14.0. The molecule has 1 aliphatic heterocycles. The number of hydrogen-bond acceptors (Lipinski definition) is 6. The molecule has 130 valence electrons. The SMILES string of the molecule is COc1ccc2c(c1OC)C(=O)O[C@H]2Nc1cc(C(=O)O)ccc1C. The number of aryl methyl sites for hydroxylation is 1. The zero-order chi connectivity index (χ0) is 18.1. The molecule has 25 heavy (non-hydrogen) atoms. The number of hydrogen-bond donors (Lipinski definition) is 2. The second kappa shape index (κ2) is 6.35. The lowest BCUT2D eigenvalue weighted by Crippen LogP contribution is -2.12. The van der Waals surface area contributed by atoms with Crippen molar-refractivity contribution in [2.75, 3.05) is 19.5 Å². The number of anilines is 1. The molecule has 0 spiro atoms. The predicted molar refractivity (Wildman–Crippen MR) is 89.5 cm³/mol. The van der Waals surface area contributed by atoms with Crippen LogP contribution in [0.2, 0.25) is 0 Å². The average Bonchev–Trinajstić information content (AvgIpc) is 2.91. The highest BCUT2D eigenvalue weighted by atomic mass is 16.6. The number of esters is 1. The number of rotatable bonds is 5. The van der Waals surface area contributed by atoms with Crippen molar-refractivity contribution in [3.8, 4) is 11.5 Å². The number of nitrogens with one attached hydrogen (secondary N) is 1. The quantitative estimate of drug-likeness (QED) is 0.806. The molecule has 0 aliphatic carbocycles. The van der Waals surface area contributed by atoms with Crippen LogP contribution in [0.3, 0.4) is 0 Å². The van der Waals surface area contributed by atoms with E-state index in [1.54, 1.807) is 18.2 Å². The van der Waals surface area contributed by atoms with E-state index in [1.807, 2.05) is 6.92 Å². The van der Waals surface area contributed by atoms with E-state index in [-0.39, 0.29) is 5.56 Å². The molecule has 0 bridgehead atoms. The Morgan fingerprint density at radius 2 is 1.96 bits per heavy atom.